The Kier molecular flexibility index (Phi) is 4.53. The molecular formula is C17H16N4O4. The number of non-ortho nitro benzene ring substituents is 1. The molecule has 1 heterocycles. The molecule has 0 radical (unpaired) electrons. The highest BCUT2D eigenvalue weighted by Gasteiger charge is 2.46. The minimum Gasteiger partial charge on any atom is -0.356 e. The second kappa shape index (κ2) is 6.78. The molecule has 0 N–H and O–H groups in total. The van der Waals surface area contributed by atoms with Crippen LogP contribution < -0.4 is 0 Å². The molecular weight excluding hydrogens is 324 g/mol. The number of hydrogen-bond acceptors (Lipinski definition) is 6. The summed E-state index contributed by atoms with van der Waals surface area (Å²) in [6.45, 7) is 0. The maximum atomic E-state index is 12.4. The van der Waals surface area contributed by atoms with Gasteiger partial charge in [-0.3, -0.25) is 19.9 Å². The number of ketones is 1. The van der Waals surface area contributed by atoms with Gasteiger partial charge in [-0.2, -0.15) is 0 Å². The molecule has 0 amide bonds. The van der Waals surface area contributed by atoms with Crippen LogP contribution in [0, 0.1) is 10.1 Å². The van der Waals surface area contributed by atoms with Crippen LogP contribution >= 0.6 is 0 Å². The third kappa shape index (κ3) is 3.86. The molecule has 8 nitrogen and oxygen atoms in total. The first kappa shape index (κ1) is 16.7. The summed E-state index contributed by atoms with van der Waals surface area (Å²) in [5.41, 5.74) is 1.93. The molecule has 3 rings (SSSR count). The summed E-state index contributed by atoms with van der Waals surface area (Å²) in [4.78, 5) is 22.7. The van der Waals surface area contributed by atoms with Gasteiger partial charge in [-0.1, -0.05) is 5.22 Å². The van der Waals surface area contributed by atoms with E-state index in [1.165, 1.54) is 12.1 Å². The highest BCUT2D eigenvalue weighted by molar-refractivity contribution is 6.01. The van der Waals surface area contributed by atoms with Gasteiger partial charge in [0, 0.05) is 31.8 Å². The third-order valence-corrected chi connectivity index (χ3v) is 3.67. The molecule has 0 spiro atoms. The first-order valence-electron chi connectivity index (χ1n) is 7.59. The summed E-state index contributed by atoms with van der Waals surface area (Å²) < 4.78 is 5.46. The first-order chi connectivity index (χ1) is 12.0. The van der Waals surface area contributed by atoms with Crippen LogP contribution in [0.25, 0.3) is 0 Å². The van der Waals surface area contributed by atoms with Gasteiger partial charge >= 0.3 is 0 Å². The van der Waals surface area contributed by atoms with Gasteiger partial charge in [-0.15, -0.1) is 5.11 Å². The number of nitro groups is 1. The summed E-state index contributed by atoms with van der Waals surface area (Å²) in [6, 6.07) is 12.8. The SMILES string of the molecule is CN(C)N=Nc1ccc(C(=O)C2OC2c2ccc([N+](=O)[O-])cc2)cc1. The molecule has 1 saturated heterocycles. The molecule has 1 aliphatic rings. The lowest BCUT2D eigenvalue weighted by atomic mass is 10.0. The van der Waals surface area contributed by atoms with Gasteiger partial charge in [0.15, 0.2) is 11.9 Å². The molecule has 2 atom stereocenters. The average Bonchev–Trinajstić information content (AvgIpc) is 3.40. The largest absolute Gasteiger partial charge is 0.356 e. The van der Waals surface area contributed by atoms with Gasteiger partial charge in [0.05, 0.1) is 10.6 Å². The van der Waals surface area contributed by atoms with Crippen molar-refractivity contribution in [3.8, 4) is 0 Å². The number of hydrogen-bond donors (Lipinski definition) is 0. The zero-order valence-corrected chi connectivity index (χ0v) is 13.7. The van der Waals surface area contributed by atoms with Crippen LogP contribution in [-0.2, 0) is 4.74 Å². The number of ether oxygens (including phenoxy) is 1. The molecule has 2 aromatic carbocycles. The van der Waals surface area contributed by atoms with Crippen molar-refractivity contribution in [2.24, 2.45) is 10.3 Å². The van der Waals surface area contributed by atoms with Crippen molar-refractivity contribution in [1.29, 1.82) is 0 Å². The fourth-order valence-electron chi connectivity index (χ4n) is 2.35. The summed E-state index contributed by atoms with van der Waals surface area (Å²) in [5.74, 6) is -0.126. The zero-order valence-electron chi connectivity index (χ0n) is 13.7. The van der Waals surface area contributed by atoms with Crippen molar-refractivity contribution in [3.05, 3.63) is 69.8 Å². The predicted molar refractivity (Wildman–Crippen MR) is 89.7 cm³/mol. The van der Waals surface area contributed by atoms with E-state index in [0.29, 0.717) is 11.3 Å². The van der Waals surface area contributed by atoms with E-state index in [1.54, 1.807) is 55.5 Å². The highest BCUT2D eigenvalue weighted by atomic mass is 16.6. The number of benzene rings is 2. The topological polar surface area (TPSA) is 101 Å². The second-order valence-electron chi connectivity index (χ2n) is 5.77. The molecule has 1 fully saturated rings. The summed E-state index contributed by atoms with van der Waals surface area (Å²) >= 11 is 0. The van der Waals surface area contributed by atoms with Gasteiger partial charge in [0.25, 0.3) is 5.69 Å². The molecule has 25 heavy (non-hydrogen) atoms. The Hall–Kier alpha value is -3.13. The Morgan fingerprint density at radius 2 is 1.76 bits per heavy atom. The average molecular weight is 340 g/mol. The third-order valence-electron chi connectivity index (χ3n) is 3.67. The Balaban J connectivity index is 1.65. The van der Waals surface area contributed by atoms with E-state index < -0.39 is 11.0 Å². The van der Waals surface area contributed by atoms with Gasteiger partial charge < -0.3 is 4.74 Å². The van der Waals surface area contributed by atoms with E-state index in [2.05, 4.69) is 10.3 Å². The standard InChI is InChI=1S/C17H16N4O4/c1-20(2)19-18-13-7-3-11(4-8-13)15(22)17-16(25-17)12-5-9-14(10-6-12)21(23)24/h3-10,16-17H,1-2H3. The van der Waals surface area contributed by atoms with Crippen LogP contribution in [0.1, 0.15) is 22.0 Å². The lowest BCUT2D eigenvalue weighted by Gasteiger charge is -2.01. The number of Topliss-reactive ketones (excluding diaryl/α,β-unsaturated/α-hetero) is 1. The smallest absolute Gasteiger partial charge is 0.269 e. The molecule has 0 saturated carbocycles. The Labute approximate surface area is 143 Å². The Morgan fingerprint density at radius 3 is 2.32 bits per heavy atom. The van der Waals surface area contributed by atoms with Crippen LogP contribution in [0.15, 0.2) is 58.9 Å². The number of epoxide rings is 1. The number of nitrogens with zero attached hydrogens (tertiary/aromatic N) is 4. The van der Waals surface area contributed by atoms with E-state index in [4.69, 9.17) is 4.74 Å². The summed E-state index contributed by atoms with van der Waals surface area (Å²) in [5, 5.41) is 20.1. The van der Waals surface area contributed by atoms with Crippen LogP contribution in [0.5, 0.6) is 0 Å². The fourth-order valence-corrected chi connectivity index (χ4v) is 2.35. The van der Waals surface area contributed by atoms with Crippen molar-refractivity contribution in [2.75, 3.05) is 14.1 Å². The lowest BCUT2D eigenvalue weighted by molar-refractivity contribution is -0.384. The number of rotatable bonds is 6. The van der Waals surface area contributed by atoms with Crippen LogP contribution in [0.4, 0.5) is 11.4 Å². The van der Waals surface area contributed by atoms with Gasteiger partial charge in [-0.05, 0) is 42.0 Å². The number of carbonyl (C=O) groups excluding carboxylic acids is 1. The molecule has 2 aromatic rings. The minimum absolute atomic E-state index is 0.00903. The van der Waals surface area contributed by atoms with Crippen LogP contribution in [-0.4, -0.2) is 35.9 Å². The van der Waals surface area contributed by atoms with Crippen molar-refractivity contribution in [1.82, 2.24) is 5.01 Å². The van der Waals surface area contributed by atoms with Crippen molar-refractivity contribution in [3.63, 3.8) is 0 Å². The molecule has 0 aliphatic carbocycles. The van der Waals surface area contributed by atoms with Gasteiger partial charge in [-0.25, -0.2) is 0 Å². The minimum atomic E-state index is -0.560. The fraction of sp³-hybridized carbons (Fsp3) is 0.235. The molecule has 8 heteroatoms. The predicted octanol–water partition coefficient (Wildman–Crippen LogP) is 3.48. The van der Waals surface area contributed by atoms with Gasteiger partial charge in [0.1, 0.15) is 6.10 Å². The summed E-state index contributed by atoms with van der Waals surface area (Å²) in [6.07, 6.45) is -0.919. The molecule has 2 unspecified atom stereocenters. The van der Waals surface area contributed by atoms with Crippen LogP contribution in [0.2, 0.25) is 0 Å². The van der Waals surface area contributed by atoms with E-state index >= 15 is 0 Å². The van der Waals surface area contributed by atoms with E-state index in [9.17, 15) is 14.9 Å². The van der Waals surface area contributed by atoms with E-state index in [1.807, 2.05) is 0 Å². The number of nitro benzene ring substituents is 1. The van der Waals surface area contributed by atoms with Crippen LogP contribution in [0.3, 0.4) is 0 Å². The molecule has 0 bridgehead atoms. The Morgan fingerprint density at radius 1 is 1.12 bits per heavy atom. The first-order valence-corrected chi connectivity index (χ1v) is 7.59. The van der Waals surface area contributed by atoms with Crippen molar-refractivity contribution < 1.29 is 14.5 Å². The van der Waals surface area contributed by atoms with E-state index in [-0.39, 0.29) is 17.6 Å². The molecule has 1 aliphatic heterocycles. The zero-order chi connectivity index (χ0) is 18.0. The van der Waals surface area contributed by atoms with E-state index in [0.717, 1.165) is 5.56 Å². The quantitative estimate of drug-likeness (QED) is 0.263. The van der Waals surface area contributed by atoms with Crippen molar-refractivity contribution >= 4 is 17.2 Å². The highest BCUT2D eigenvalue weighted by Crippen LogP contribution is 2.41. The Bertz CT molecular complexity index is 816. The second-order valence-corrected chi connectivity index (χ2v) is 5.77. The maximum Gasteiger partial charge on any atom is 0.269 e. The maximum absolute atomic E-state index is 12.4. The van der Waals surface area contributed by atoms with Gasteiger partial charge in [0.2, 0.25) is 0 Å². The summed E-state index contributed by atoms with van der Waals surface area (Å²) in [7, 11) is 3.54. The molecule has 128 valence electrons. The molecule has 0 aromatic heterocycles. The monoisotopic (exact) mass is 340 g/mol. The lowest BCUT2D eigenvalue weighted by Crippen LogP contribution is -2.08. The number of carbonyl (C=O) groups is 1. The normalized spacial score (nSPS) is 19.0. The van der Waals surface area contributed by atoms with Crippen molar-refractivity contribution in [2.45, 2.75) is 12.2 Å².